The smallest absolute Gasteiger partial charge is 0.349 e. The molecule has 0 unspecified atom stereocenters. The van der Waals surface area contributed by atoms with Crippen LogP contribution in [0.3, 0.4) is 0 Å². The van der Waals surface area contributed by atoms with E-state index in [1.54, 1.807) is 12.3 Å². The highest BCUT2D eigenvalue weighted by Crippen LogP contribution is 2.26. The van der Waals surface area contributed by atoms with Crippen molar-refractivity contribution < 1.29 is 14.3 Å². The van der Waals surface area contributed by atoms with Gasteiger partial charge in [0.15, 0.2) is 5.13 Å². The van der Waals surface area contributed by atoms with Crippen LogP contribution in [-0.4, -0.2) is 53.3 Å². The fourth-order valence-electron chi connectivity index (χ4n) is 2.47. The molecule has 23 heavy (non-hydrogen) atoms. The van der Waals surface area contributed by atoms with Crippen LogP contribution in [0.15, 0.2) is 18.5 Å². The van der Waals surface area contributed by atoms with Crippen LogP contribution >= 0.6 is 11.3 Å². The number of hydrogen-bond donors (Lipinski definition) is 2. The molecule has 1 fully saturated rings. The largest absolute Gasteiger partial charge is 0.465 e. The Morgan fingerprint density at radius 2 is 2.22 bits per heavy atom. The Labute approximate surface area is 136 Å². The number of thiazole rings is 1. The van der Waals surface area contributed by atoms with Gasteiger partial charge < -0.3 is 15.0 Å². The maximum absolute atomic E-state index is 12.0. The summed E-state index contributed by atoms with van der Waals surface area (Å²) in [5.74, 6) is -0.501. The minimum Gasteiger partial charge on any atom is -0.465 e. The summed E-state index contributed by atoms with van der Waals surface area (Å²) < 4.78 is 4.69. The van der Waals surface area contributed by atoms with E-state index in [0.29, 0.717) is 10.6 Å². The third-order valence-electron chi connectivity index (χ3n) is 3.73. The molecular formula is C14H17N5O3S. The standard InChI is InChI=1S/C14H17N5O3S/c1-22-13(21)11-8-15-14(23-11)19-6-3-9(4-7-19)17-12(20)10-2-5-16-18-10/h2,5,8-9H,3-4,6-7H2,1H3,(H,16,18)(H,17,20). The van der Waals surface area contributed by atoms with Crippen LogP contribution in [0, 0.1) is 0 Å². The molecule has 0 aromatic carbocycles. The van der Waals surface area contributed by atoms with Crippen LogP contribution in [0.5, 0.6) is 0 Å². The zero-order valence-corrected chi connectivity index (χ0v) is 13.4. The summed E-state index contributed by atoms with van der Waals surface area (Å²) in [6, 6.07) is 1.77. The molecule has 1 aliphatic heterocycles. The third-order valence-corrected chi connectivity index (χ3v) is 4.76. The number of aromatic nitrogens is 3. The van der Waals surface area contributed by atoms with Crippen LogP contribution in [0.2, 0.25) is 0 Å². The highest BCUT2D eigenvalue weighted by molar-refractivity contribution is 7.17. The molecule has 2 aromatic rings. The molecule has 1 aliphatic rings. The molecule has 2 aromatic heterocycles. The van der Waals surface area contributed by atoms with Crippen molar-refractivity contribution in [3.05, 3.63) is 29.0 Å². The van der Waals surface area contributed by atoms with E-state index in [1.165, 1.54) is 24.6 Å². The van der Waals surface area contributed by atoms with Gasteiger partial charge in [-0.2, -0.15) is 5.10 Å². The quantitative estimate of drug-likeness (QED) is 0.810. The molecule has 8 nitrogen and oxygen atoms in total. The fraction of sp³-hybridized carbons (Fsp3) is 0.429. The Morgan fingerprint density at radius 3 is 2.87 bits per heavy atom. The first-order chi connectivity index (χ1) is 11.2. The Bertz CT molecular complexity index is 676. The molecule has 3 heterocycles. The maximum atomic E-state index is 12.0. The van der Waals surface area contributed by atoms with Gasteiger partial charge in [0.05, 0.1) is 13.3 Å². The number of rotatable bonds is 4. The lowest BCUT2D eigenvalue weighted by Gasteiger charge is -2.32. The van der Waals surface area contributed by atoms with Crippen LogP contribution in [0.4, 0.5) is 5.13 Å². The second-order valence-corrected chi connectivity index (χ2v) is 6.21. The van der Waals surface area contributed by atoms with E-state index >= 15 is 0 Å². The van der Waals surface area contributed by atoms with Gasteiger partial charge in [-0.15, -0.1) is 0 Å². The van der Waals surface area contributed by atoms with E-state index in [1.807, 2.05) is 0 Å². The predicted octanol–water partition coefficient (Wildman–Crippen LogP) is 1.05. The molecular weight excluding hydrogens is 318 g/mol. The molecule has 0 radical (unpaired) electrons. The van der Waals surface area contributed by atoms with E-state index in [2.05, 4.69) is 25.4 Å². The van der Waals surface area contributed by atoms with Gasteiger partial charge in [-0.05, 0) is 18.9 Å². The lowest BCUT2D eigenvalue weighted by molar-refractivity contribution is 0.0606. The van der Waals surface area contributed by atoms with Gasteiger partial charge >= 0.3 is 5.97 Å². The normalized spacial score (nSPS) is 15.4. The summed E-state index contributed by atoms with van der Waals surface area (Å²) in [6.07, 6.45) is 4.75. The van der Waals surface area contributed by atoms with Crippen molar-refractivity contribution in [1.82, 2.24) is 20.5 Å². The summed E-state index contributed by atoms with van der Waals surface area (Å²) in [5.41, 5.74) is 0.468. The average Bonchev–Trinajstić information content (AvgIpc) is 3.26. The van der Waals surface area contributed by atoms with Crippen LogP contribution in [0.1, 0.15) is 33.0 Å². The van der Waals surface area contributed by atoms with Crippen molar-refractivity contribution in [3.8, 4) is 0 Å². The number of carbonyl (C=O) groups excluding carboxylic acids is 2. The number of amides is 1. The number of piperidine rings is 1. The Morgan fingerprint density at radius 1 is 1.43 bits per heavy atom. The topological polar surface area (TPSA) is 100 Å². The lowest BCUT2D eigenvalue weighted by Crippen LogP contribution is -2.44. The maximum Gasteiger partial charge on any atom is 0.349 e. The number of ether oxygens (including phenoxy) is 1. The van der Waals surface area contributed by atoms with E-state index in [-0.39, 0.29) is 17.9 Å². The fourth-order valence-corrected chi connectivity index (χ4v) is 3.35. The number of carbonyl (C=O) groups is 2. The van der Waals surface area contributed by atoms with Gasteiger partial charge in [-0.3, -0.25) is 9.89 Å². The first-order valence-corrected chi connectivity index (χ1v) is 8.08. The third kappa shape index (κ3) is 3.50. The number of aromatic amines is 1. The zero-order chi connectivity index (χ0) is 16.2. The number of anilines is 1. The molecule has 0 aliphatic carbocycles. The molecule has 122 valence electrons. The first-order valence-electron chi connectivity index (χ1n) is 7.26. The molecule has 1 saturated heterocycles. The Hall–Kier alpha value is -2.42. The first kappa shape index (κ1) is 15.5. The number of methoxy groups -OCH3 is 1. The molecule has 0 bridgehead atoms. The van der Waals surface area contributed by atoms with Crippen molar-refractivity contribution >= 4 is 28.3 Å². The van der Waals surface area contributed by atoms with E-state index in [4.69, 9.17) is 4.74 Å². The minimum absolute atomic E-state index is 0.127. The SMILES string of the molecule is COC(=O)c1cnc(N2CCC(NC(=O)c3ccn[nH]3)CC2)s1. The molecule has 0 spiro atoms. The summed E-state index contributed by atoms with van der Waals surface area (Å²) in [6.45, 7) is 1.56. The molecule has 9 heteroatoms. The van der Waals surface area contributed by atoms with E-state index < -0.39 is 0 Å². The minimum atomic E-state index is -0.365. The van der Waals surface area contributed by atoms with Gasteiger partial charge in [-0.1, -0.05) is 11.3 Å². The summed E-state index contributed by atoms with van der Waals surface area (Å²) >= 11 is 1.32. The number of hydrogen-bond acceptors (Lipinski definition) is 7. The Kier molecular flexibility index (Phi) is 4.56. The molecule has 0 atom stereocenters. The van der Waals surface area contributed by atoms with Crippen molar-refractivity contribution in [1.29, 1.82) is 0 Å². The molecule has 3 rings (SSSR count). The average molecular weight is 335 g/mol. The second-order valence-electron chi connectivity index (χ2n) is 5.20. The molecule has 1 amide bonds. The number of nitrogens with one attached hydrogen (secondary N) is 2. The van der Waals surface area contributed by atoms with E-state index in [9.17, 15) is 9.59 Å². The highest BCUT2D eigenvalue weighted by Gasteiger charge is 2.24. The van der Waals surface area contributed by atoms with Crippen molar-refractivity contribution in [2.45, 2.75) is 18.9 Å². The summed E-state index contributed by atoms with van der Waals surface area (Å²) in [5, 5.41) is 10.2. The van der Waals surface area contributed by atoms with E-state index in [0.717, 1.165) is 31.1 Å². The monoisotopic (exact) mass is 335 g/mol. The van der Waals surface area contributed by atoms with Gasteiger partial charge in [-0.25, -0.2) is 9.78 Å². The van der Waals surface area contributed by atoms with Gasteiger partial charge in [0.1, 0.15) is 10.6 Å². The second kappa shape index (κ2) is 6.78. The van der Waals surface area contributed by atoms with Gasteiger partial charge in [0.2, 0.25) is 0 Å². The van der Waals surface area contributed by atoms with Crippen molar-refractivity contribution in [2.24, 2.45) is 0 Å². The van der Waals surface area contributed by atoms with Crippen molar-refractivity contribution in [3.63, 3.8) is 0 Å². The van der Waals surface area contributed by atoms with Gasteiger partial charge in [0, 0.05) is 25.3 Å². The summed E-state index contributed by atoms with van der Waals surface area (Å²) in [7, 11) is 1.36. The highest BCUT2D eigenvalue weighted by atomic mass is 32.1. The lowest BCUT2D eigenvalue weighted by atomic mass is 10.1. The van der Waals surface area contributed by atoms with Crippen LogP contribution < -0.4 is 10.2 Å². The zero-order valence-electron chi connectivity index (χ0n) is 12.6. The number of nitrogens with zero attached hydrogens (tertiary/aromatic N) is 3. The number of esters is 1. The summed E-state index contributed by atoms with van der Waals surface area (Å²) in [4.78, 5) is 30.3. The van der Waals surface area contributed by atoms with Crippen LogP contribution in [-0.2, 0) is 4.74 Å². The van der Waals surface area contributed by atoms with Gasteiger partial charge in [0.25, 0.3) is 5.91 Å². The molecule has 2 N–H and O–H groups in total. The Balaban J connectivity index is 1.53. The predicted molar refractivity (Wildman–Crippen MR) is 84.7 cm³/mol. The van der Waals surface area contributed by atoms with Crippen molar-refractivity contribution in [2.75, 3.05) is 25.1 Å². The number of H-pyrrole nitrogens is 1. The molecule has 0 saturated carbocycles. The van der Waals surface area contributed by atoms with Crippen LogP contribution in [0.25, 0.3) is 0 Å².